The van der Waals surface area contributed by atoms with Gasteiger partial charge in [-0.25, -0.2) is 14.8 Å². The van der Waals surface area contributed by atoms with Gasteiger partial charge in [0.2, 0.25) is 5.91 Å². The summed E-state index contributed by atoms with van der Waals surface area (Å²) in [6.45, 7) is 5.50. The van der Waals surface area contributed by atoms with E-state index in [1.54, 1.807) is 0 Å². The number of aromatic amines is 2. The van der Waals surface area contributed by atoms with E-state index in [-0.39, 0.29) is 17.9 Å². The third-order valence-corrected chi connectivity index (χ3v) is 8.55. The Balaban J connectivity index is 1.13. The molecule has 224 valence electrons. The Kier molecular flexibility index (Phi) is 8.29. The molecule has 4 heterocycles. The SMILES string of the molecule is COC(=O)NC(C(=O)N1CCCC1c1ncc(-c2ccc(-c3ccc(-c4cnc(C5CCCN5)[nH]4)cc3)cc2)[nH]1)C(C)C. The largest absolute Gasteiger partial charge is 0.453 e. The fourth-order valence-electron chi connectivity index (χ4n) is 6.11. The van der Waals surface area contributed by atoms with Gasteiger partial charge in [-0.05, 0) is 60.4 Å². The number of alkyl carbamates (subject to hydrolysis) is 1. The normalized spacial score (nSPS) is 19.1. The van der Waals surface area contributed by atoms with Gasteiger partial charge in [0.1, 0.15) is 17.7 Å². The molecule has 3 unspecified atom stereocenters. The topological polar surface area (TPSA) is 128 Å². The number of rotatable bonds is 8. The molecule has 0 spiro atoms. The van der Waals surface area contributed by atoms with Crippen molar-refractivity contribution < 1.29 is 14.3 Å². The molecule has 4 N–H and O–H groups in total. The van der Waals surface area contributed by atoms with Gasteiger partial charge < -0.3 is 30.2 Å². The van der Waals surface area contributed by atoms with Crippen molar-refractivity contribution in [1.82, 2.24) is 35.5 Å². The number of carbonyl (C=O) groups excluding carboxylic acids is 2. The summed E-state index contributed by atoms with van der Waals surface area (Å²) in [6, 6.07) is 16.4. The summed E-state index contributed by atoms with van der Waals surface area (Å²) in [5.41, 5.74) is 6.33. The molecular formula is C33H39N7O3. The number of H-pyrrole nitrogens is 2. The molecule has 10 nitrogen and oxygen atoms in total. The molecule has 0 aliphatic carbocycles. The highest BCUT2D eigenvalue weighted by Crippen LogP contribution is 2.33. The number of nitrogens with one attached hydrogen (secondary N) is 4. The van der Waals surface area contributed by atoms with Gasteiger partial charge in [-0.1, -0.05) is 62.4 Å². The second kappa shape index (κ2) is 12.4. The van der Waals surface area contributed by atoms with E-state index in [0.717, 1.165) is 71.1 Å². The maximum Gasteiger partial charge on any atom is 0.407 e. The molecule has 2 fully saturated rings. The summed E-state index contributed by atoms with van der Waals surface area (Å²) in [6.07, 6.45) is 7.14. The zero-order chi connectivity index (χ0) is 29.9. The van der Waals surface area contributed by atoms with E-state index in [1.807, 2.05) is 31.1 Å². The van der Waals surface area contributed by atoms with Crippen LogP contribution in [0.5, 0.6) is 0 Å². The van der Waals surface area contributed by atoms with Gasteiger partial charge in [-0.2, -0.15) is 0 Å². The molecule has 6 rings (SSSR count). The molecule has 43 heavy (non-hydrogen) atoms. The monoisotopic (exact) mass is 581 g/mol. The fourth-order valence-corrected chi connectivity index (χ4v) is 6.11. The van der Waals surface area contributed by atoms with Crippen LogP contribution in [-0.2, 0) is 9.53 Å². The summed E-state index contributed by atoms with van der Waals surface area (Å²) in [5, 5.41) is 6.19. The Morgan fingerprint density at radius 2 is 1.44 bits per heavy atom. The summed E-state index contributed by atoms with van der Waals surface area (Å²) in [7, 11) is 1.30. The fraction of sp³-hybridized carbons (Fsp3) is 0.394. The lowest BCUT2D eigenvalue weighted by Gasteiger charge is -2.30. The van der Waals surface area contributed by atoms with Gasteiger partial charge in [-0.15, -0.1) is 0 Å². The van der Waals surface area contributed by atoms with Gasteiger partial charge in [-0.3, -0.25) is 4.79 Å². The van der Waals surface area contributed by atoms with E-state index in [1.165, 1.54) is 13.5 Å². The highest BCUT2D eigenvalue weighted by atomic mass is 16.5. The Morgan fingerprint density at radius 1 is 0.860 bits per heavy atom. The zero-order valence-electron chi connectivity index (χ0n) is 24.9. The molecule has 2 amide bonds. The number of nitrogens with zero attached hydrogens (tertiary/aromatic N) is 3. The van der Waals surface area contributed by atoms with Crippen molar-refractivity contribution in [3.8, 4) is 33.6 Å². The van der Waals surface area contributed by atoms with E-state index in [4.69, 9.17) is 4.74 Å². The smallest absolute Gasteiger partial charge is 0.407 e. The van der Waals surface area contributed by atoms with Crippen LogP contribution in [-0.4, -0.2) is 63.1 Å². The Labute approximate surface area is 251 Å². The van der Waals surface area contributed by atoms with Crippen molar-refractivity contribution in [2.75, 3.05) is 20.2 Å². The van der Waals surface area contributed by atoms with Crippen LogP contribution in [0.2, 0.25) is 0 Å². The molecule has 2 aromatic heterocycles. The van der Waals surface area contributed by atoms with Gasteiger partial charge in [0.05, 0.1) is 43.0 Å². The molecule has 10 heteroatoms. The van der Waals surface area contributed by atoms with Crippen molar-refractivity contribution in [1.29, 1.82) is 0 Å². The van der Waals surface area contributed by atoms with Gasteiger partial charge in [0, 0.05) is 6.54 Å². The predicted octanol–water partition coefficient (Wildman–Crippen LogP) is 5.60. The van der Waals surface area contributed by atoms with Crippen LogP contribution in [0.15, 0.2) is 60.9 Å². The molecule has 3 atom stereocenters. The van der Waals surface area contributed by atoms with Crippen LogP contribution < -0.4 is 10.6 Å². The number of methoxy groups -OCH3 is 1. The van der Waals surface area contributed by atoms with Gasteiger partial charge in [0.15, 0.2) is 0 Å². The first kappa shape index (κ1) is 28.7. The molecule has 0 bridgehead atoms. The van der Waals surface area contributed by atoms with Crippen LogP contribution in [0.25, 0.3) is 33.6 Å². The highest BCUT2D eigenvalue weighted by Gasteiger charge is 2.37. The maximum atomic E-state index is 13.4. The minimum atomic E-state index is -0.657. The average Bonchev–Trinajstić information content (AvgIpc) is 3.86. The first-order valence-corrected chi connectivity index (χ1v) is 15.1. The standard InChI is InChI=1S/C33H39N7O3/c1-20(2)29(39-33(42)43-3)32(41)40-17-5-7-28(40)31-36-19-27(38-31)24-14-10-22(11-15-24)21-8-12-23(13-9-21)26-18-35-30(37-26)25-6-4-16-34-25/h8-15,18-20,25,28-29,34H,4-7,16-17H2,1-3H3,(H,35,37)(H,36,38)(H,39,42). The van der Waals surface area contributed by atoms with Crippen LogP contribution in [0.3, 0.4) is 0 Å². The molecule has 0 saturated carbocycles. The summed E-state index contributed by atoms with van der Waals surface area (Å²) < 4.78 is 4.74. The molecule has 0 radical (unpaired) electrons. The number of likely N-dealkylation sites (tertiary alicyclic amines) is 1. The van der Waals surface area contributed by atoms with Gasteiger partial charge >= 0.3 is 6.09 Å². The number of aromatic nitrogens is 4. The molecular weight excluding hydrogens is 542 g/mol. The number of benzene rings is 2. The quantitative estimate of drug-likeness (QED) is 0.214. The second-order valence-electron chi connectivity index (χ2n) is 11.7. The lowest BCUT2D eigenvalue weighted by Crippen LogP contribution is -2.51. The van der Waals surface area contributed by atoms with Crippen molar-refractivity contribution >= 4 is 12.0 Å². The number of imidazole rings is 2. The first-order valence-electron chi connectivity index (χ1n) is 15.1. The van der Waals surface area contributed by atoms with E-state index in [9.17, 15) is 9.59 Å². The van der Waals surface area contributed by atoms with Crippen molar-refractivity contribution in [3.63, 3.8) is 0 Å². The Hall–Kier alpha value is -4.44. The summed E-state index contributed by atoms with van der Waals surface area (Å²) in [5.74, 6) is 1.57. The summed E-state index contributed by atoms with van der Waals surface area (Å²) >= 11 is 0. The third-order valence-electron chi connectivity index (χ3n) is 8.55. The third kappa shape index (κ3) is 6.06. The molecule has 2 aromatic carbocycles. The lowest BCUT2D eigenvalue weighted by atomic mass is 10.0. The number of amides is 2. The number of carbonyl (C=O) groups is 2. The predicted molar refractivity (Wildman–Crippen MR) is 165 cm³/mol. The molecule has 2 aliphatic heterocycles. The molecule has 2 aliphatic rings. The average molecular weight is 582 g/mol. The van der Waals surface area contributed by atoms with Crippen LogP contribution >= 0.6 is 0 Å². The maximum absolute atomic E-state index is 13.4. The van der Waals surface area contributed by atoms with E-state index in [0.29, 0.717) is 12.6 Å². The highest BCUT2D eigenvalue weighted by molar-refractivity contribution is 5.86. The van der Waals surface area contributed by atoms with Crippen LogP contribution in [0, 0.1) is 5.92 Å². The number of hydrogen-bond donors (Lipinski definition) is 4. The minimum Gasteiger partial charge on any atom is -0.453 e. The van der Waals surface area contributed by atoms with E-state index in [2.05, 4.69) is 79.1 Å². The second-order valence-corrected chi connectivity index (χ2v) is 11.7. The first-order chi connectivity index (χ1) is 20.9. The van der Waals surface area contributed by atoms with Crippen LogP contribution in [0.4, 0.5) is 4.79 Å². The van der Waals surface area contributed by atoms with Crippen molar-refractivity contribution in [2.45, 2.75) is 57.7 Å². The summed E-state index contributed by atoms with van der Waals surface area (Å²) in [4.78, 5) is 43.3. The van der Waals surface area contributed by atoms with Crippen molar-refractivity contribution in [2.24, 2.45) is 5.92 Å². The number of ether oxygens (including phenoxy) is 1. The lowest BCUT2D eigenvalue weighted by molar-refractivity contribution is -0.135. The van der Waals surface area contributed by atoms with Crippen LogP contribution in [0.1, 0.15) is 63.3 Å². The van der Waals surface area contributed by atoms with E-state index >= 15 is 0 Å². The number of hydrogen-bond acceptors (Lipinski definition) is 6. The Bertz CT molecular complexity index is 1550. The van der Waals surface area contributed by atoms with E-state index < -0.39 is 12.1 Å². The van der Waals surface area contributed by atoms with Crippen molar-refractivity contribution in [3.05, 3.63) is 72.6 Å². The minimum absolute atomic E-state index is 0.0767. The molecule has 4 aromatic rings. The van der Waals surface area contributed by atoms with Gasteiger partial charge in [0.25, 0.3) is 0 Å². The molecule has 2 saturated heterocycles. The Morgan fingerprint density at radius 3 is 2.00 bits per heavy atom. The zero-order valence-corrected chi connectivity index (χ0v) is 24.9.